The van der Waals surface area contributed by atoms with E-state index in [1.807, 2.05) is 26.0 Å². The van der Waals surface area contributed by atoms with Crippen LogP contribution in [0.3, 0.4) is 0 Å². The van der Waals surface area contributed by atoms with Gasteiger partial charge >= 0.3 is 6.03 Å². The van der Waals surface area contributed by atoms with E-state index >= 15 is 0 Å². The molecule has 2 atom stereocenters. The number of carbonyl (C=O) groups is 1. The largest absolute Gasteiger partial charge is 0.464 e. The van der Waals surface area contributed by atoms with Crippen LogP contribution in [0.15, 0.2) is 28.9 Å². The fourth-order valence-electron chi connectivity index (χ4n) is 2.06. The van der Waals surface area contributed by atoms with Gasteiger partial charge in [0, 0.05) is 18.8 Å². The van der Waals surface area contributed by atoms with Gasteiger partial charge in [0.15, 0.2) is 0 Å². The molecule has 0 radical (unpaired) electrons. The number of nitrogens with one attached hydrogen (secondary N) is 2. The van der Waals surface area contributed by atoms with Crippen LogP contribution in [0.2, 0.25) is 0 Å². The van der Waals surface area contributed by atoms with Gasteiger partial charge in [-0.05, 0) is 32.9 Å². The molecule has 0 saturated carbocycles. The van der Waals surface area contributed by atoms with Crippen molar-refractivity contribution in [1.82, 2.24) is 20.4 Å². The first-order valence-corrected chi connectivity index (χ1v) is 7.10. The molecule has 2 aromatic rings. The van der Waals surface area contributed by atoms with Gasteiger partial charge in [0.25, 0.3) is 0 Å². The first kappa shape index (κ1) is 16.1. The summed E-state index contributed by atoms with van der Waals surface area (Å²) in [5.74, 6) is 1.48. The third-order valence-electron chi connectivity index (χ3n) is 3.46. The Hall–Kier alpha value is -2.28. The van der Waals surface area contributed by atoms with Crippen molar-refractivity contribution < 1.29 is 14.3 Å². The highest BCUT2D eigenvalue weighted by molar-refractivity contribution is 5.74. The van der Waals surface area contributed by atoms with Crippen molar-refractivity contribution in [3.05, 3.63) is 41.6 Å². The number of aromatic nitrogens is 2. The molecule has 3 N–H and O–H groups in total. The molecule has 7 nitrogen and oxygen atoms in total. The smallest absolute Gasteiger partial charge is 0.315 e. The van der Waals surface area contributed by atoms with Crippen molar-refractivity contribution in [2.45, 2.75) is 32.4 Å². The maximum absolute atomic E-state index is 11.9. The fraction of sp³-hybridized carbons (Fsp3) is 0.467. The Balaban J connectivity index is 1.87. The Kier molecular flexibility index (Phi) is 4.56. The van der Waals surface area contributed by atoms with Crippen molar-refractivity contribution in [3.63, 3.8) is 0 Å². The zero-order chi connectivity index (χ0) is 16.3. The standard InChI is InChI=1S/C15H22N4O3/c1-10-5-6-13(22-10)11(2)18-14(20)16-9-15(3,21)12-7-17-19(4)8-12/h5-8,11,21H,9H2,1-4H3,(H2,16,18,20). The van der Waals surface area contributed by atoms with Crippen LogP contribution in [0.4, 0.5) is 4.79 Å². The highest BCUT2D eigenvalue weighted by Gasteiger charge is 2.25. The maximum atomic E-state index is 11.9. The predicted molar refractivity (Wildman–Crippen MR) is 81.2 cm³/mol. The Bertz CT molecular complexity index is 645. The summed E-state index contributed by atoms with van der Waals surface area (Å²) < 4.78 is 7.06. The molecule has 0 fully saturated rings. The monoisotopic (exact) mass is 306 g/mol. The van der Waals surface area contributed by atoms with Gasteiger partial charge in [0.2, 0.25) is 0 Å². The molecule has 0 bridgehead atoms. The second-order valence-corrected chi connectivity index (χ2v) is 5.67. The van der Waals surface area contributed by atoms with E-state index in [-0.39, 0.29) is 18.6 Å². The van der Waals surface area contributed by atoms with Gasteiger partial charge in [-0.15, -0.1) is 0 Å². The van der Waals surface area contributed by atoms with E-state index < -0.39 is 5.60 Å². The number of carbonyl (C=O) groups excluding carboxylic acids is 1. The number of rotatable bonds is 5. The first-order valence-electron chi connectivity index (χ1n) is 7.10. The molecule has 2 rings (SSSR count). The van der Waals surface area contributed by atoms with E-state index in [1.54, 1.807) is 31.0 Å². The summed E-state index contributed by atoms with van der Waals surface area (Å²) in [7, 11) is 1.77. The molecule has 0 saturated heterocycles. The summed E-state index contributed by atoms with van der Waals surface area (Å²) in [6.45, 7) is 5.39. The highest BCUT2D eigenvalue weighted by Crippen LogP contribution is 2.19. The van der Waals surface area contributed by atoms with Gasteiger partial charge in [-0.25, -0.2) is 4.79 Å². The van der Waals surface area contributed by atoms with Gasteiger partial charge in [-0.1, -0.05) is 0 Å². The Labute approximate surface area is 129 Å². The minimum atomic E-state index is -1.18. The van der Waals surface area contributed by atoms with Crippen LogP contribution in [0.5, 0.6) is 0 Å². The van der Waals surface area contributed by atoms with Crippen LogP contribution < -0.4 is 10.6 Å². The molecule has 2 aromatic heterocycles. The summed E-state index contributed by atoms with van der Waals surface area (Å²) in [4.78, 5) is 11.9. The molecule has 22 heavy (non-hydrogen) atoms. The topological polar surface area (TPSA) is 92.3 Å². The lowest BCUT2D eigenvalue weighted by molar-refractivity contribution is 0.0592. The fourth-order valence-corrected chi connectivity index (χ4v) is 2.06. The Morgan fingerprint density at radius 1 is 1.55 bits per heavy atom. The number of furan rings is 1. The van der Waals surface area contributed by atoms with Gasteiger partial charge in [0.05, 0.1) is 18.8 Å². The molecule has 0 aliphatic rings. The van der Waals surface area contributed by atoms with Gasteiger partial charge in [-0.2, -0.15) is 5.10 Å². The minimum absolute atomic E-state index is 0.0778. The highest BCUT2D eigenvalue weighted by atomic mass is 16.3. The van der Waals surface area contributed by atoms with Crippen LogP contribution in [-0.2, 0) is 12.6 Å². The SMILES string of the molecule is Cc1ccc(C(C)NC(=O)NCC(C)(O)c2cnn(C)c2)o1. The van der Waals surface area contributed by atoms with E-state index in [0.29, 0.717) is 11.3 Å². The summed E-state index contributed by atoms with van der Waals surface area (Å²) >= 11 is 0. The average molecular weight is 306 g/mol. The molecule has 0 aliphatic heterocycles. The van der Waals surface area contributed by atoms with E-state index in [2.05, 4.69) is 15.7 Å². The number of nitrogens with zero attached hydrogens (tertiary/aromatic N) is 2. The van der Waals surface area contributed by atoms with Crippen LogP contribution in [-0.4, -0.2) is 27.5 Å². The molecule has 2 heterocycles. The average Bonchev–Trinajstić information content (AvgIpc) is 3.05. The molecular formula is C15H22N4O3. The van der Waals surface area contributed by atoms with Crippen molar-refractivity contribution in [2.75, 3.05) is 6.54 Å². The molecule has 2 amide bonds. The van der Waals surface area contributed by atoms with E-state index in [9.17, 15) is 9.90 Å². The zero-order valence-electron chi connectivity index (χ0n) is 13.3. The number of aliphatic hydroxyl groups is 1. The molecule has 0 aliphatic carbocycles. The number of hydrogen-bond donors (Lipinski definition) is 3. The molecule has 120 valence electrons. The van der Waals surface area contributed by atoms with Gasteiger partial charge in [-0.3, -0.25) is 4.68 Å². The number of urea groups is 1. The summed E-state index contributed by atoms with van der Waals surface area (Å²) in [6, 6.07) is 3.05. The summed E-state index contributed by atoms with van der Waals surface area (Å²) in [5.41, 5.74) is -0.541. The lowest BCUT2D eigenvalue weighted by atomic mass is 10.00. The lowest BCUT2D eigenvalue weighted by Crippen LogP contribution is -2.44. The van der Waals surface area contributed by atoms with Crippen LogP contribution in [0, 0.1) is 6.92 Å². The second-order valence-electron chi connectivity index (χ2n) is 5.67. The predicted octanol–water partition coefficient (Wildman–Crippen LogP) is 1.59. The van der Waals surface area contributed by atoms with Crippen molar-refractivity contribution >= 4 is 6.03 Å². The third-order valence-corrected chi connectivity index (χ3v) is 3.46. The molecule has 2 unspecified atom stereocenters. The van der Waals surface area contributed by atoms with Crippen molar-refractivity contribution in [3.8, 4) is 0 Å². The maximum Gasteiger partial charge on any atom is 0.315 e. The quantitative estimate of drug-likeness (QED) is 0.782. The van der Waals surface area contributed by atoms with Gasteiger partial charge < -0.3 is 20.2 Å². The number of hydrogen-bond acceptors (Lipinski definition) is 4. The normalized spacial score (nSPS) is 15.1. The van der Waals surface area contributed by atoms with E-state index in [1.165, 1.54) is 0 Å². The van der Waals surface area contributed by atoms with E-state index in [0.717, 1.165) is 5.76 Å². The molecule has 7 heteroatoms. The number of amides is 2. The second kappa shape index (κ2) is 6.23. The van der Waals surface area contributed by atoms with Crippen LogP contribution in [0.25, 0.3) is 0 Å². The Morgan fingerprint density at radius 2 is 2.27 bits per heavy atom. The Morgan fingerprint density at radius 3 is 2.82 bits per heavy atom. The minimum Gasteiger partial charge on any atom is -0.464 e. The molecule has 0 aromatic carbocycles. The van der Waals surface area contributed by atoms with Crippen molar-refractivity contribution in [2.24, 2.45) is 7.05 Å². The van der Waals surface area contributed by atoms with Crippen LogP contribution >= 0.6 is 0 Å². The first-order chi connectivity index (χ1) is 10.3. The van der Waals surface area contributed by atoms with Gasteiger partial charge in [0.1, 0.15) is 17.1 Å². The van der Waals surface area contributed by atoms with Crippen LogP contribution in [0.1, 0.15) is 37.0 Å². The van der Waals surface area contributed by atoms with Crippen molar-refractivity contribution in [1.29, 1.82) is 0 Å². The third kappa shape index (κ3) is 3.88. The molecule has 0 spiro atoms. The molecular weight excluding hydrogens is 284 g/mol. The summed E-state index contributed by atoms with van der Waals surface area (Å²) in [5, 5.41) is 19.8. The van der Waals surface area contributed by atoms with E-state index in [4.69, 9.17) is 4.42 Å². The summed E-state index contributed by atoms with van der Waals surface area (Å²) in [6.07, 6.45) is 3.29. The number of aryl methyl sites for hydroxylation is 2. The lowest BCUT2D eigenvalue weighted by Gasteiger charge is -2.23. The zero-order valence-corrected chi connectivity index (χ0v) is 13.3.